The third-order valence-corrected chi connectivity index (χ3v) is 6.78. The van der Waals surface area contributed by atoms with Gasteiger partial charge >= 0.3 is 6.18 Å². The van der Waals surface area contributed by atoms with E-state index in [0.717, 1.165) is 38.5 Å². The van der Waals surface area contributed by atoms with E-state index in [1.54, 1.807) is 23.9 Å². The third-order valence-electron chi connectivity index (χ3n) is 3.36. The van der Waals surface area contributed by atoms with Crippen LogP contribution in [0.5, 0.6) is 0 Å². The number of benzene rings is 2. The molecule has 0 aliphatic carbocycles. The zero-order valence-electron chi connectivity index (χ0n) is 13.4. The summed E-state index contributed by atoms with van der Waals surface area (Å²) >= 11 is 3.01. The lowest BCUT2D eigenvalue weighted by Gasteiger charge is -2.11. The second-order valence-electron chi connectivity index (χ2n) is 5.23. The number of thioether (sulfide) groups is 1. The number of nitrogens with one attached hydrogen (secondary N) is 1. The predicted octanol–water partition coefficient (Wildman–Crippen LogP) is 5.23. The van der Waals surface area contributed by atoms with Gasteiger partial charge in [0.05, 0.1) is 26.4 Å². The molecule has 3 aromatic rings. The Morgan fingerprint density at radius 3 is 2.65 bits per heavy atom. The maximum Gasteiger partial charge on any atom is 0.416 e. The van der Waals surface area contributed by atoms with Crippen molar-refractivity contribution in [1.29, 1.82) is 0 Å². The van der Waals surface area contributed by atoms with E-state index in [1.165, 1.54) is 17.4 Å². The number of sulfonamides is 1. The number of fused-ring (bicyclic) bond motifs is 1. The maximum atomic E-state index is 12.8. The van der Waals surface area contributed by atoms with Crippen molar-refractivity contribution < 1.29 is 21.6 Å². The first-order valence-electron chi connectivity index (χ1n) is 7.42. The highest BCUT2D eigenvalue weighted by Gasteiger charge is 2.31. The molecule has 10 heteroatoms. The fourth-order valence-electron chi connectivity index (χ4n) is 2.21. The molecule has 0 bridgehead atoms. The van der Waals surface area contributed by atoms with Gasteiger partial charge in [-0.05, 0) is 42.2 Å². The van der Waals surface area contributed by atoms with Crippen LogP contribution in [0.2, 0.25) is 0 Å². The Morgan fingerprint density at radius 1 is 1.19 bits per heavy atom. The molecule has 0 atom stereocenters. The van der Waals surface area contributed by atoms with Crippen LogP contribution in [0, 0.1) is 0 Å². The zero-order valence-corrected chi connectivity index (χ0v) is 15.8. The molecule has 138 valence electrons. The SMILES string of the molecule is CCSc1nc2ccc(NS(=O)(=O)c3cccc(C(F)(F)F)c3)cc2s1. The average Bonchev–Trinajstić information content (AvgIpc) is 2.96. The molecule has 0 saturated heterocycles. The molecule has 0 fully saturated rings. The minimum Gasteiger partial charge on any atom is -0.280 e. The van der Waals surface area contributed by atoms with Crippen LogP contribution in [0.25, 0.3) is 10.2 Å². The predicted molar refractivity (Wildman–Crippen MR) is 98.3 cm³/mol. The summed E-state index contributed by atoms with van der Waals surface area (Å²) in [5.74, 6) is 0.870. The fourth-order valence-corrected chi connectivity index (χ4v) is 5.31. The van der Waals surface area contributed by atoms with Crippen LogP contribution in [0.15, 0.2) is 51.7 Å². The van der Waals surface area contributed by atoms with Crippen molar-refractivity contribution in [2.75, 3.05) is 10.5 Å². The quantitative estimate of drug-likeness (QED) is 0.577. The van der Waals surface area contributed by atoms with Crippen LogP contribution < -0.4 is 4.72 Å². The van der Waals surface area contributed by atoms with Crippen molar-refractivity contribution in [1.82, 2.24) is 4.98 Å². The highest BCUT2D eigenvalue weighted by Crippen LogP contribution is 2.33. The molecule has 0 radical (unpaired) electrons. The van der Waals surface area contributed by atoms with Gasteiger partial charge in [0, 0.05) is 0 Å². The minimum atomic E-state index is -4.61. The summed E-state index contributed by atoms with van der Waals surface area (Å²) in [5, 5.41) is 0. The van der Waals surface area contributed by atoms with Gasteiger partial charge in [-0.3, -0.25) is 4.72 Å². The van der Waals surface area contributed by atoms with Gasteiger partial charge in [0.2, 0.25) is 0 Å². The lowest BCUT2D eigenvalue weighted by atomic mass is 10.2. The number of aromatic nitrogens is 1. The summed E-state index contributed by atoms with van der Waals surface area (Å²) < 4.78 is 67.3. The van der Waals surface area contributed by atoms with Gasteiger partial charge in [-0.25, -0.2) is 13.4 Å². The number of anilines is 1. The van der Waals surface area contributed by atoms with Gasteiger partial charge in [-0.2, -0.15) is 13.2 Å². The van der Waals surface area contributed by atoms with Crippen LogP contribution in [0.3, 0.4) is 0 Å². The van der Waals surface area contributed by atoms with Crippen molar-refractivity contribution in [3.63, 3.8) is 0 Å². The number of rotatable bonds is 5. The highest BCUT2D eigenvalue weighted by molar-refractivity contribution is 8.01. The van der Waals surface area contributed by atoms with Crippen molar-refractivity contribution in [2.45, 2.75) is 22.3 Å². The highest BCUT2D eigenvalue weighted by atomic mass is 32.2. The summed E-state index contributed by atoms with van der Waals surface area (Å²) in [5.41, 5.74) is -0.000840. The van der Waals surface area contributed by atoms with Crippen LogP contribution in [0.1, 0.15) is 12.5 Å². The van der Waals surface area contributed by atoms with E-state index in [0.29, 0.717) is 6.07 Å². The minimum absolute atomic E-state index is 0.270. The molecule has 0 spiro atoms. The Labute approximate surface area is 156 Å². The van der Waals surface area contributed by atoms with Gasteiger partial charge in [0.15, 0.2) is 4.34 Å². The normalized spacial score (nSPS) is 12.5. The molecular formula is C16H13F3N2O2S3. The number of hydrogen-bond acceptors (Lipinski definition) is 5. The summed E-state index contributed by atoms with van der Waals surface area (Å²) in [7, 11) is -4.14. The monoisotopic (exact) mass is 418 g/mol. The van der Waals surface area contributed by atoms with E-state index in [2.05, 4.69) is 9.71 Å². The Bertz CT molecular complexity index is 1050. The number of hydrogen-bond donors (Lipinski definition) is 1. The first-order chi connectivity index (χ1) is 12.2. The summed E-state index contributed by atoms with van der Waals surface area (Å²) in [6.07, 6.45) is -4.61. The van der Waals surface area contributed by atoms with E-state index in [-0.39, 0.29) is 5.69 Å². The topological polar surface area (TPSA) is 59.1 Å². The van der Waals surface area contributed by atoms with Gasteiger partial charge in [0.25, 0.3) is 10.0 Å². The molecule has 1 N–H and O–H groups in total. The molecule has 0 aliphatic heterocycles. The Balaban J connectivity index is 1.91. The zero-order chi connectivity index (χ0) is 18.9. The first kappa shape index (κ1) is 19.0. The van der Waals surface area contributed by atoms with Crippen LogP contribution in [-0.2, 0) is 16.2 Å². The third kappa shape index (κ3) is 4.13. The Morgan fingerprint density at radius 2 is 1.96 bits per heavy atom. The van der Waals surface area contributed by atoms with E-state index in [9.17, 15) is 21.6 Å². The second kappa shape index (κ2) is 7.09. The van der Waals surface area contributed by atoms with Gasteiger partial charge in [0.1, 0.15) is 0 Å². The Kier molecular flexibility index (Phi) is 5.18. The Hall–Kier alpha value is -1.78. The number of thiazole rings is 1. The lowest BCUT2D eigenvalue weighted by Crippen LogP contribution is -2.14. The molecule has 2 aromatic carbocycles. The van der Waals surface area contributed by atoms with E-state index >= 15 is 0 Å². The standard InChI is InChI=1S/C16H13F3N2O2S3/c1-2-24-15-20-13-7-6-11(9-14(13)25-15)21-26(22,23)12-5-3-4-10(8-12)16(17,18)19/h3-9,21H,2H2,1H3. The van der Waals surface area contributed by atoms with E-state index in [1.807, 2.05) is 6.92 Å². The smallest absolute Gasteiger partial charge is 0.280 e. The average molecular weight is 418 g/mol. The van der Waals surface area contributed by atoms with Crippen molar-refractivity contribution in [3.05, 3.63) is 48.0 Å². The van der Waals surface area contributed by atoms with E-state index in [4.69, 9.17) is 0 Å². The molecule has 0 unspecified atom stereocenters. The number of nitrogens with zero attached hydrogens (tertiary/aromatic N) is 1. The van der Waals surface area contributed by atoms with Crippen molar-refractivity contribution in [3.8, 4) is 0 Å². The first-order valence-corrected chi connectivity index (χ1v) is 10.7. The molecule has 0 amide bonds. The maximum absolute atomic E-state index is 12.8. The second-order valence-corrected chi connectivity index (χ2v) is 9.45. The van der Waals surface area contributed by atoms with E-state index < -0.39 is 26.7 Å². The number of halogens is 3. The molecule has 4 nitrogen and oxygen atoms in total. The van der Waals surface area contributed by atoms with Crippen molar-refractivity contribution in [2.24, 2.45) is 0 Å². The molecule has 3 rings (SSSR count). The molecule has 0 saturated carbocycles. The van der Waals surface area contributed by atoms with Gasteiger partial charge < -0.3 is 0 Å². The van der Waals surface area contributed by atoms with Crippen LogP contribution >= 0.6 is 23.1 Å². The molecule has 26 heavy (non-hydrogen) atoms. The molecular weight excluding hydrogens is 405 g/mol. The van der Waals surface area contributed by atoms with Gasteiger partial charge in [-0.15, -0.1) is 11.3 Å². The van der Waals surface area contributed by atoms with Gasteiger partial charge in [-0.1, -0.05) is 24.8 Å². The molecule has 1 heterocycles. The summed E-state index contributed by atoms with van der Waals surface area (Å²) in [6, 6.07) is 8.47. The summed E-state index contributed by atoms with van der Waals surface area (Å²) in [4.78, 5) is 3.97. The summed E-state index contributed by atoms with van der Waals surface area (Å²) in [6.45, 7) is 2.01. The van der Waals surface area contributed by atoms with Crippen molar-refractivity contribution >= 4 is 49.0 Å². The molecule has 0 aliphatic rings. The lowest BCUT2D eigenvalue weighted by molar-refractivity contribution is -0.137. The molecule has 1 aromatic heterocycles. The number of alkyl halides is 3. The van der Waals surface area contributed by atoms with Crippen LogP contribution in [-0.4, -0.2) is 19.2 Å². The largest absolute Gasteiger partial charge is 0.416 e. The van der Waals surface area contributed by atoms with Crippen LogP contribution in [0.4, 0.5) is 18.9 Å². The fraction of sp³-hybridized carbons (Fsp3) is 0.188.